The second-order valence-corrected chi connectivity index (χ2v) is 3.16. The lowest BCUT2D eigenvalue weighted by molar-refractivity contribution is 0.411. The van der Waals surface area contributed by atoms with E-state index in [1.165, 1.54) is 0 Å². The van der Waals surface area contributed by atoms with E-state index in [9.17, 15) is 0 Å². The topological polar surface area (TPSA) is 33.0 Å². The molecule has 0 unspecified atom stereocenters. The molecule has 0 heterocycles. The number of ether oxygens (including phenoxy) is 1. The molecule has 0 spiro atoms. The zero-order valence-corrected chi connectivity index (χ0v) is 8.47. The van der Waals surface area contributed by atoms with Gasteiger partial charge in [-0.05, 0) is 35.0 Å². The first-order chi connectivity index (χ1) is 5.70. The molecule has 2 nitrogen and oxygen atoms in total. The SMILES string of the molecule is COc1ccc(C#N)c(Br)c1C. The van der Waals surface area contributed by atoms with Crippen LogP contribution in [0.5, 0.6) is 5.75 Å². The predicted molar refractivity (Wildman–Crippen MR) is 50.1 cm³/mol. The molecule has 0 amide bonds. The fourth-order valence-corrected chi connectivity index (χ4v) is 1.39. The minimum absolute atomic E-state index is 0.633. The number of hydrogen-bond donors (Lipinski definition) is 0. The Kier molecular flexibility index (Phi) is 2.72. The van der Waals surface area contributed by atoms with Crippen molar-refractivity contribution in [2.75, 3.05) is 7.11 Å². The monoisotopic (exact) mass is 225 g/mol. The molecule has 1 aromatic rings. The Labute approximate surface area is 79.9 Å². The maximum atomic E-state index is 8.69. The van der Waals surface area contributed by atoms with E-state index >= 15 is 0 Å². The van der Waals surface area contributed by atoms with Gasteiger partial charge in [0.05, 0.1) is 12.7 Å². The lowest BCUT2D eigenvalue weighted by atomic mass is 10.1. The fourth-order valence-electron chi connectivity index (χ4n) is 0.975. The smallest absolute Gasteiger partial charge is 0.122 e. The zero-order chi connectivity index (χ0) is 9.14. The van der Waals surface area contributed by atoms with Crippen LogP contribution in [0.25, 0.3) is 0 Å². The first kappa shape index (κ1) is 9.08. The average Bonchev–Trinajstić information content (AvgIpc) is 2.10. The number of halogens is 1. The van der Waals surface area contributed by atoms with Gasteiger partial charge in [-0.2, -0.15) is 5.26 Å². The maximum Gasteiger partial charge on any atom is 0.122 e. The van der Waals surface area contributed by atoms with Crippen LogP contribution >= 0.6 is 15.9 Å². The third-order valence-electron chi connectivity index (χ3n) is 1.68. The standard InChI is InChI=1S/C9H8BrNO/c1-6-8(12-2)4-3-7(5-11)9(6)10/h3-4H,1-2H3. The van der Waals surface area contributed by atoms with E-state index in [0.29, 0.717) is 5.56 Å². The molecule has 0 aliphatic carbocycles. The molecule has 0 bridgehead atoms. The molecule has 12 heavy (non-hydrogen) atoms. The van der Waals surface area contributed by atoms with Crippen molar-refractivity contribution in [1.82, 2.24) is 0 Å². The third kappa shape index (κ3) is 1.44. The van der Waals surface area contributed by atoms with Gasteiger partial charge in [-0.1, -0.05) is 0 Å². The Morgan fingerprint density at radius 1 is 1.50 bits per heavy atom. The van der Waals surface area contributed by atoms with E-state index in [2.05, 4.69) is 22.0 Å². The number of benzene rings is 1. The number of rotatable bonds is 1. The summed E-state index contributed by atoms with van der Waals surface area (Å²) in [5.74, 6) is 0.792. The molecule has 0 saturated carbocycles. The van der Waals surface area contributed by atoms with Crippen LogP contribution < -0.4 is 4.74 Å². The van der Waals surface area contributed by atoms with E-state index in [1.807, 2.05) is 6.92 Å². The third-order valence-corrected chi connectivity index (χ3v) is 2.70. The van der Waals surface area contributed by atoms with Crippen LogP contribution in [-0.2, 0) is 0 Å². The summed E-state index contributed by atoms with van der Waals surface area (Å²) >= 11 is 3.33. The molecule has 1 rings (SSSR count). The second kappa shape index (κ2) is 3.59. The highest BCUT2D eigenvalue weighted by Gasteiger charge is 2.06. The van der Waals surface area contributed by atoms with E-state index in [4.69, 9.17) is 10.00 Å². The highest BCUT2D eigenvalue weighted by molar-refractivity contribution is 9.10. The van der Waals surface area contributed by atoms with Crippen LogP contribution in [-0.4, -0.2) is 7.11 Å². The van der Waals surface area contributed by atoms with Crippen molar-refractivity contribution in [2.24, 2.45) is 0 Å². The van der Waals surface area contributed by atoms with E-state index < -0.39 is 0 Å². The number of methoxy groups -OCH3 is 1. The zero-order valence-electron chi connectivity index (χ0n) is 6.89. The molecule has 62 valence electrons. The first-order valence-corrected chi connectivity index (χ1v) is 4.23. The van der Waals surface area contributed by atoms with Gasteiger partial charge in [0.15, 0.2) is 0 Å². The summed E-state index contributed by atoms with van der Waals surface area (Å²) in [6, 6.07) is 5.61. The van der Waals surface area contributed by atoms with Gasteiger partial charge >= 0.3 is 0 Å². The molecule has 0 radical (unpaired) electrons. The Morgan fingerprint density at radius 3 is 2.67 bits per heavy atom. The molecule has 0 atom stereocenters. The molecule has 1 aromatic carbocycles. The first-order valence-electron chi connectivity index (χ1n) is 3.44. The van der Waals surface area contributed by atoms with Crippen molar-refractivity contribution in [3.05, 3.63) is 27.7 Å². The van der Waals surface area contributed by atoms with E-state index in [-0.39, 0.29) is 0 Å². The van der Waals surface area contributed by atoms with Gasteiger partial charge < -0.3 is 4.74 Å². The van der Waals surface area contributed by atoms with Crippen molar-refractivity contribution in [3.8, 4) is 11.8 Å². The molecule has 0 aliphatic heterocycles. The van der Waals surface area contributed by atoms with Gasteiger partial charge in [0, 0.05) is 10.0 Å². The van der Waals surface area contributed by atoms with E-state index in [1.54, 1.807) is 19.2 Å². The van der Waals surface area contributed by atoms with Crippen molar-refractivity contribution in [3.63, 3.8) is 0 Å². The number of nitriles is 1. The summed E-state index contributed by atoms with van der Waals surface area (Å²) in [6.45, 7) is 1.91. The molecule has 3 heteroatoms. The van der Waals surface area contributed by atoms with Crippen molar-refractivity contribution in [1.29, 1.82) is 5.26 Å². The van der Waals surface area contributed by atoms with Crippen LogP contribution in [0.3, 0.4) is 0 Å². The van der Waals surface area contributed by atoms with Crippen molar-refractivity contribution < 1.29 is 4.74 Å². The summed E-state index contributed by atoms with van der Waals surface area (Å²) in [7, 11) is 1.61. The van der Waals surface area contributed by atoms with E-state index in [0.717, 1.165) is 15.8 Å². The molecule has 0 aliphatic rings. The highest BCUT2D eigenvalue weighted by Crippen LogP contribution is 2.28. The summed E-state index contributed by atoms with van der Waals surface area (Å²) in [5, 5.41) is 8.69. The fraction of sp³-hybridized carbons (Fsp3) is 0.222. The predicted octanol–water partition coefficient (Wildman–Crippen LogP) is 2.64. The summed E-state index contributed by atoms with van der Waals surface area (Å²) in [4.78, 5) is 0. The Bertz CT molecular complexity index is 341. The van der Waals surface area contributed by atoms with Crippen LogP contribution in [0.1, 0.15) is 11.1 Å². The van der Waals surface area contributed by atoms with Crippen molar-refractivity contribution >= 4 is 15.9 Å². The molecule has 0 N–H and O–H groups in total. The minimum Gasteiger partial charge on any atom is -0.496 e. The number of nitrogens with zero attached hydrogens (tertiary/aromatic N) is 1. The molecular weight excluding hydrogens is 218 g/mol. The minimum atomic E-state index is 0.633. The van der Waals surface area contributed by atoms with Gasteiger partial charge in [0.2, 0.25) is 0 Å². The summed E-state index contributed by atoms with van der Waals surface area (Å²) < 4.78 is 5.90. The Morgan fingerprint density at radius 2 is 2.17 bits per heavy atom. The molecule has 0 aromatic heterocycles. The van der Waals surface area contributed by atoms with Crippen LogP contribution in [0.2, 0.25) is 0 Å². The second-order valence-electron chi connectivity index (χ2n) is 2.37. The average molecular weight is 226 g/mol. The van der Waals surface area contributed by atoms with Crippen LogP contribution in [0.15, 0.2) is 16.6 Å². The quantitative estimate of drug-likeness (QED) is 0.737. The van der Waals surface area contributed by atoms with Gasteiger partial charge in [-0.15, -0.1) is 0 Å². The van der Waals surface area contributed by atoms with Gasteiger partial charge in [0.25, 0.3) is 0 Å². The summed E-state index contributed by atoms with van der Waals surface area (Å²) in [5.41, 5.74) is 1.59. The molecule has 0 saturated heterocycles. The highest BCUT2D eigenvalue weighted by atomic mass is 79.9. The van der Waals surface area contributed by atoms with Gasteiger partial charge in [-0.3, -0.25) is 0 Å². The molecular formula is C9H8BrNO. The van der Waals surface area contributed by atoms with Gasteiger partial charge in [-0.25, -0.2) is 0 Å². The lowest BCUT2D eigenvalue weighted by Crippen LogP contribution is -1.89. The largest absolute Gasteiger partial charge is 0.496 e. The maximum absolute atomic E-state index is 8.69. The van der Waals surface area contributed by atoms with Crippen LogP contribution in [0, 0.1) is 18.3 Å². The summed E-state index contributed by atoms with van der Waals surface area (Å²) in [6.07, 6.45) is 0. The normalized spacial score (nSPS) is 9.17. The Hall–Kier alpha value is -1.01. The van der Waals surface area contributed by atoms with Crippen LogP contribution in [0.4, 0.5) is 0 Å². The van der Waals surface area contributed by atoms with Crippen molar-refractivity contribution in [2.45, 2.75) is 6.92 Å². The Balaban J connectivity index is 3.32. The number of hydrogen-bond acceptors (Lipinski definition) is 2. The molecule has 0 fully saturated rings. The van der Waals surface area contributed by atoms with Gasteiger partial charge in [0.1, 0.15) is 11.8 Å². The lowest BCUT2D eigenvalue weighted by Gasteiger charge is -2.06.